The lowest BCUT2D eigenvalue weighted by Gasteiger charge is -2.31. The second-order valence-electron chi connectivity index (χ2n) is 7.77. The van der Waals surface area contributed by atoms with Crippen molar-refractivity contribution in [2.75, 3.05) is 31.6 Å². The van der Waals surface area contributed by atoms with Gasteiger partial charge in [-0.3, -0.25) is 10.1 Å². The first-order valence-electron chi connectivity index (χ1n) is 10.5. The van der Waals surface area contributed by atoms with E-state index in [2.05, 4.69) is 10.2 Å². The molecule has 7 heteroatoms. The van der Waals surface area contributed by atoms with Gasteiger partial charge in [0.2, 0.25) is 0 Å². The molecule has 1 fully saturated rings. The number of hydrogen-bond acceptors (Lipinski definition) is 5. The lowest BCUT2D eigenvalue weighted by Crippen LogP contribution is -2.37. The monoisotopic (exact) mass is 424 g/mol. The predicted molar refractivity (Wildman–Crippen MR) is 116 cm³/mol. The first-order chi connectivity index (χ1) is 15.1. The largest absolute Gasteiger partial charge is 0.464 e. The van der Waals surface area contributed by atoms with E-state index in [0.29, 0.717) is 17.9 Å². The first kappa shape index (κ1) is 21.1. The van der Waals surface area contributed by atoms with E-state index in [1.807, 2.05) is 12.1 Å². The fraction of sp³-hybridized carbons (Fsp3) is 0.333. The fourth-order valence-corrected chi connectivity index (χ4v) is 3.92. The molecule has 1 aliphatic rings. The fourth-order valence-electron chi connectivity index (χ4n) is 3.92. The molecule has 1 N–H and O–H groups in total. The molecule has 0 radical (unpaired) electrons. The Morgan fingerprint density at radius 2 is 1.87 bits per heavy atom. The van der Waals surface area contributed by atoms with Gasteiger partial charge in [0.1, 0.15) is 11.4 Å². The molecule has 162 valence electrons. The number of furan rings is 1. The number of carbonyl (C=O) groups excluding carboxylic acids is 2. The van der Waals surface area contributed by atoms with Crippen LogP contribution in [0.1, 0.15) is 29.6 Å². The van der Waals surface area contributed by atoms with Crippen LogP contribution in [-0.4, -0.2) is 43.0 Å². The zero-order valence-electron chi connectivity index (χ0n) is 17.2. The molecule has 0 aliphatic carbocycles. The summed E-state index contributed by atoms with van der Waals surface area (Å²) in [6.45, 7) is 2.79. The van der Waals surface area contributed by atoms with Crippen LogP contribution >= 0.6 is 0 Å². The number of piperidine rings is 1. The van der Waals surface area contributed by atoms with Crippen LogP contribution in [0.4, 0.5) is 14.9 Å². The number of halogens is 1. The van der Waals surface area contributed by atoms with Crippen LogP contribution in [0.25, 0.3) is 11.0 Å². The second-order valence-corrected chi connectivity index (χ2v) is 7.77. The van der Waals surface area contributed by atoms with E-state index in [0.717, 1.165) is 49.9 Å². The van der Waals surface area contributed by atoms with Crippen molar-refractivity contribution in [1.29, 1.82) is 0 Å². The summed E-state index contributed by atoms with van der Waals surface area (Å²) in [6.07, 6.45) is 3.42. The Morgan fingerprint density at radius 3 is 2.65 bits per heavy atom. The van der Waals surface area contributed by atoms with E-state index in [9.17, 15) is 14.0 Å². The minimum atomic E-state index is -0.480. The van der Waals surface area contributed by atoms with Crippen LogP contribution in [0, 0.1) is 11.7 Å². The van der Waals surface area contributed by atoms with E-state index >= 15 is 0 Å². The van der Waals surface area contributed by atoms with Gasteiger partial charge in [0.25, 0.3) is 0 Å². The normalized spacial score (nSPS) is 15.1. The Bertz CT molecular complexity index is 1040. The van der Waals surface area contributed by atoms with Crippen molar-refractivity contribution >= 4 is 28.5 Å². The number of anilines is 1. The van der Waals surface area contributed by atoms with Gasteiger partial charge in [-0.15, -0.1) is 0 Å². The molecule has 1 amide bonds. The second kappa shape index (κ2) is 9.75. The maximum absolute atomic E-state index is 13.0. The Hall–Kier alpha value is -3.19. The number of fused-ring (bicyclic) bond motifs is 1. The number of hydrogen-bond donors (Lipinski definition) is 1. The van der Waals surface area contributed by atoms with Gasteiger partial charge in [-0.2, -0.15) is 0 Å². The Kier molecular flexibility index (Phi) is 6.62. The molecule has 0 bridgehead atoms. The zero-order chi connectivity index (χ0) is 21.6. The van der Waals surface area contributed by atoms with Crippen LogP contribution in [-0.2, 0) is 4.74 Å². The van der Waals surface area contributed by atoms with Crippen molar-refractivity contribution in [3.63, 3.8) is 0 Å². The molecule has 0 unspecified atom stereocenters. The zero-order valence-corrected chi connectivity index (χ0v) is 17.2. The summed E-state index contributed by atoms with van der Waals surface area (Å²) < 4.78 is 23.6. The molecule has 0 atom stereocenters. The highest BCUT2D eigenvalue weighted by molar-refractivity contribution is 5.97. The smallest absolute Gasteiger partial charge is 0.411 e. The van der Waals surface area contributed by atoms with Gasteiger partial charge in [-0.1, -0.05) is 0 Å². The average Bonchev–Trinajstić information content (AvgIpc) is 3.25. The van der Waals surface area contributed by atoms with Crippen LogP contribution in [0.3, 0.4) is 0 Å². The average molecular weight is 424 g/mol. The molecular formula is C24H25FN2O4. The number of amides is 1. The molecule has 1 saturated heterocycles. The van der Waals surface area contributed by atoms with Gasteiger partial charge in [-0.25, -0.2) is 9.18 Å². The summed E-state index contributed by atoms with van der Waals surface area (Å²) in [6, 6.07) is 13.0. The van der Waals surface area contributed by atoms with Gasteiger partial charge < -0.3 is 14.1 Å². The van der Waals surface area contributed by atoms with Gasteiger partial charge in [0.05, 0.1) is 12.9 Å². The molecule has 6 nitrogen and oxygen atoms in total. The number of nitrogens with one attached hydrogen (secondary N) is 1. The van der Waals surface area contributed by atoms with Gasteiger partial charge in [0.15, 0.2) is 5.78 Å². The van der Waals surface area contributed by atoms with Crippen molar-refractivity contribution in [2.24, 2.45) is 5.92 Å². The molecule has 1 aliphatic heterocycles. The van der Waals surface area contributed by atoms with Crippen molar-refractivity contribution in [1.82, 2.24) is 4.90 Å². The van der Waals surface area contributed by atoms with E-state index in [1.165, 1.54) is 12.1 Å². The molecule has 2 aromatic carbocycles. The number of carbonyl (C=O) groups is 2. The maximum Gasteiger partial charge on any atom is 0.411 e. The first-order valence-corrected chi connectivity index (χ1v) is 10.5. The number of rotatable bonds is 7. The van der Waals surface area contributed by atoms with Crippen LogP contribution in [0.5, 0.6) is 0 Å². The molecule has 0 saturated carbocycles. The van der Waals surface area contributed by atoms with Gasteiger partial charge >= 0.3 is 6.09 Å². The number of ketones is 1. The molecule has 3 aromatic rings. The molecule has 1 aromatic heterocycles. The predicted octanol–water partition coefficient (Wildman–Crippen LogP) is 5.11. The lowest BCUT2D eigenvalue weighted by atomic mass is 9.89. The summed E-state index contributed by atoms with van der Waals surface area (Å²) in [5.41, 5.74) is 2.00. The van der Waals surface area contributed by atoms with Crippen molar-refractivity contribution < 1.29 is 23.1 Å². The molecule has 0 spiro atoms. The van der Waals surface area contributed by atoms with E-state index in [-0.39, 0.29) is 17.5 Å². The third-order valence-electron chi connectivity index (χ3n) is 5.64. The molecule has 2 heterocycles. The SMILES string of the molecule is O=C(Nc1ccc2occc2c1)OCCCN1CCC(C(=O)c2ccc(F)cc2)CC1. The highest BCUT2D eigenvalue weighted by atomic mass is 19.1. The lowest BCUT2D eigenvalue weighted by molar-refractivity contribution is 0.0830. The van der Waals surface area contributed by atoms with Gasteiger partial charge in [0, 0.05) is 29.1 Å². The Balaban J connectivity index is 1.13. The minimum Gasteiger partial charge on any atom is -0.464 e. The number of Topliss-reactive ketones (excluding diaryl/α,β-unsaturated/α-hetero) is 1. The van der Waals surface area contributed by atoms with Crippen LogP contribution in [0.2, 0.25) is 0 Å². The van der Waals surface area contributed by atoms with E-state index in [4.69, 9.17) is 9.15 Å². The summed E-state index contributed by atoms with van der Waals surface area (Å²) in [5, 5.41) is 3.64. The molecule has 4 rings (SSSR count). The van der Waals surface area contributed by atoms with E-state index in [1.54, 1.807) is 30.5 Å². The topological polar surface area (TPSA) is 71.8 Å². The number of ether oxygens (including phenoxy) is 1. The highest BCUT2D eigenvalue weighted by Gasteiger charge is 2.25. The van der Waals surface area contributed by atoms with Crippen LogP contribution < -0.4 is 5.32 Å². The number of nitrogens with zero attached hydrogens (tertiary/aromatic N) is 1. The molecular weight excluding hydrogens is 399 g/mol. The standard InChI is InChI=1S/C24H25FN2O4/c25-20-4-2-17(3-5-20)23(28)18-8-12-27(13-9-18)11-1-14-31-24(29)26-21-6-7-22-19(16-21)10-15-30-22/h2-7,10,15-16,18H,1,8-9,11-14H2,(H,26,29). The third kappa shape index (κ3) is 5.49. The summed E-state index contributed by atoms with van der Waals surface area (Å²) in [4.78, 5) is 26.8. The van der Waals surface area contributed by atoms with Crippen LogP contribution in [0.15, 0.2) is 59.2 Å². The van der Waals surface area contributed by atoms with Crippen molar-refractivity contribution in [2.45, 2.75) is 19.3 Å². The van der Waals surface area contributed by atoms with Crippen molar-refractivity contribution in [3.8, 4) is 0 Å². The third-order valence-corrected chi connectivity index (χ3v) is 5.64. The quantitative estimate of drug-likeness (QED) is 0.422. The Morgan fingerprint density at radius 1 is 1.10 bits per heavy atom. The van der Waals surface area contributed by atoms with Crippen molar-refractivity contribution in [3.05, 3.63) is 66.2 Å². The summed E-state index contributed by atoms with van der Waals surface area (Å²) >= 11 is 0. The number of benzene rings is 2. The number of likely N-dealkylation sites (tertiary alicyclic amines) is 1. The van der Waals surface area contributed by atoms with E-state index < -0.39 is 6.09 Å². The summed E-state index contributed by atoms with van der Waals surface area (Å²) in [5.74, 6) is -0.258. The highest BCUT2D eigenvalue weighted by Crippen LogP contribution is 2.22. The minimum absolute atomic E-state index is 0.0173. The molecule has 31 heavy (non-hydrogen) atoms. The van der Waals surface area contributed by atoms with Gasteiger partial charge in [-0.05, 0) is 80.9 Å². The summed E-state index contributed by atoms with van der Waals surface area (Å²) in [7, 11) is 0. The Labute approximate surface area is 180 Å². The maximum atomic E-state index is 13.0.